The minimum Gasteiger partial charge on any atom is -0.379 e. The molecule has 2 N–H and O–H groups in total. The van der Waals surface area contributed by atoms with E-state index in [2.05, 4.69) is 41.5 Å². The fourth-order valence-corrected chi connectivity index (χ4v) is 4.51. The van der Waals surface area contributed by atoms with Gasteiger partial charge in [0.15, 0.2) is 0 Å². The van der Waals surface area contributed by atoms with Crippen molar-refractivity contribution in [1.82, 2.24) is 24.7 Å². The van der Waals surface area contributed by atoms with Crippen LogP contribution in [0.4, 0.5) is 10.7 Å². The lowest BCUT2D eigenvalue weighted by Crippen LogP contribution is -2.52. The smallest absolute Gasteiger partial charge is 0.318 e. The Kier molecular flexibility index (Phi) is 9.60. The lowest BCUT2D eigenvalue weighted by molar-refractivity contribution is -0.116. The van der Waals surface area contributed by atoms with Gasteiger partial charge >= 0.3 is 6.03 Å². The third-order valence-electron chi connectivity index (χ3n) is 6.76. The van der Waals surface area contributed by atoms with Crippen LogP contribution in [0.5, 0.6) is 0 Å². The molecule has 1 saturated heterocycles. The second kappa shape index (κ2) is 13.1. The Labute approximate surface area is 237 Å². The summed E-state index contributed by atoms with van der Waals surface area (Å²) in [6.45, 7) is 14.1. The highest BCUT2D eigenvalue weighted by molar-refractivity contribution is 5.93. The van der Waals surface area contributed by atoms with Gasteiger partial charge in [0.1, 0.15) is 6.54 Å². The Morgan fingerprint density at radius 3 is 2.33 bits per heavy atom. The van der Waals surface area contributed by atoms with E-state index < -0.39 is 5.54 Å². The average Bonchev–Trinajstić information content (AvgIpc) is 3.34. The van der Waals surface area contributed by atoms with Crippen LogP contribution in [0.2, 0.25) is 0 Å². The molecule has 0 bridgehead atoms. The number of urea groups is 1. The first-order valence-electron chi connectivity index (χ1n) is 14.0. The minimum absolute atomic E-state index is 0.0912. The molecule has 9 nitrogen and oxygen atoms in total. The normalized spacial score (nSPS) is 14.2. The quantitative estimate of drug-likeness (QED) is 0.404. The Bertz CT molecular complexity index is 1260. The van der Waals surface area contributed by atoms with E-state index >= 15 is 0 Å². The molecular formula is C31H42N6O3. The molecule has 1 aromatic heterocycles. The molecule has 0 radical (unpaired) electrons. The van der Waals surface area contributed by atoms with Crippen molar-refractivity contribution in [2.24, 2.45) is 0 Å². The third-order valence-corrected chi connectivity index (χ3v) is 6.76. The highest BCUT2D eigenvalue weighted by Crippen LogP contribution is 2.25. The molecular weight excluding hydrogens is 504 g/mol. The fraction of sp³-hybridized carbons (Fsp3) is 0.452. The summed E-state index contributed by atoms with van der Waals surface area (Å²) in [5.41, 5.74) is 3.40. The minimum atomic E-state index is -0.423. The predicted octanol–water partition coefficient (Wildman–Crippen LogP) is 4.74. The summed E-state index contributed by atoms with van der Waals surface area (Å²) in [5.74, 6) is 0.514. The van der Waals surface area contributed by atoms with Crippen molar-refractivity contribution in [1.29, 1.82) is 0 Å². The van der Waals surface area contributed by atoms with Crippen LogP contribution in [0.25, 0.3) is 16.9 Å². The molecule has 2 heterocycles. The van der Waals surface area contributed by atoms with Crippen molar-refractivity contribution >= 4 is 17.9 Å². The summed E-state index contributed by atoms with van der Waals surface area (Å²) in [6, 6.07) is 17.9. The number of anilines is 1. The largest absolute Gasteiger partial charge is 0.379 e. The lowest BCUT2D eigenvalue weighted by atomic mass is 10.0. The number of benzene rings is 2. The summed E-state index contributed by atoms with van der Waals surface area (Å²) < 4.78 is 7.33. The van der Waals surface area contributed by atoms with Gasteiger partial charge in [0.25, 0.3) is 0 Å². The van der Waals surface area contributed by atoms with E-state index in [1.54, 1.807) is 4.90 Å². The molecule has 3 aromatic rings. The van der Waals surface area contributed by atoms with Gasteiger partial charge in [-0.3, -0.25) is 19.6 Å². The molecule has 3 amide bonds. The third kappa shape index (κ3) is 8.16. The topological polar surface area (TPSA) is 91.7 Å². The zero-order chi connectivity index (χ0) is 28.7. The molecule has 4 rings (SSSR count). The molecule has 0 spiro atoms. The molecule has 0 aliphatic carbocycles. The summed E-state index contributed by atoms with van der Waals surface area (Å²) in [6.07, 6.45) is 1.93. The van der Waals surface area contributed by atoms with Crippen LogP contribution < -0.4 is 10.6 Å². The van der Waals surface area contributed by atoms with E-state index in [0.29, 0.717) is 38.2 Å². The summed E-state index contributed by atoms with van der Waals surface area (Å²) >= 11 is 0. The summed E-state index contributed by atoms with van der Waals surface area (Å²) in [7, 11) is 0. The van der Waals surface area contributed by atoms with E-state index in [1.165, 1.54) is 5.56 Å². The van der Waals surface area contributed by atoms with Gasteiger partial charge in [-0.1, -0.05) is 56.3 Å². The van der Waals surface area contributed by atoms with Gasteiger partial charge in [0, 0.05) is 49.2 Å². The molecule has 2 aromatic carbocycles. The van der Waals surface area contributed by atoms with Crippen molar-refractivity contribution < 1.29 is 14.3 Å². The molecule has 214 valence electrons. The van der Waals surface area contributed by atoms with Crippen LogP contribution in [0.15, 0.2) is 60.8 Å². The number of carbonyl (C=O) groups excluding carboxylic acids is 2. The van der Waals surface area contributed by atoms with Gasteiger partial charge in [-0.05, 0) is 44.4 Å². The molecule has 1 aliphatic heterocycles. The van der Waals surface area contributed by atoms with Crippen LogP contribution in [0, 0.1) is 0 Å². The van der Waals surface area contributed by atoms with E-state index in [9.17, 15) is 9.59 Å². The van der Waals surface area contributed by atoms with E-state index in [-0.39, 0.29) is 18.5 Å². The number of imidazole rings is 1. The molecule has 0 saturated carbocycles. The van der Waals surface area contributed by atoms with Crippen LogP contribution in [0.1, 0.15) is 46.1 Å². The van der Waals surface area contributed by atoms with Crippen LogP contribution in [-0.2, 0) is 9.53 Å². The predicted molar refractivity (Wildman–Crippen MR) is 159 cm³/mol. The van der Waals surface area contributed by atoms with Crippen molar-refractivity contribution in [3.63, 3.8) is 0 Å². The summed E-state index contributed by atoms with van der Waals surface area (Å²) in [4.78, 5) is 35.1. The van der Waals surface area contributed by atoms with Gasteiger partial charge in [-0.25, -0.2) is 9.78 Å². The van der Waals surface area contributed by atoms with Crippen LogP contribution >= 0.6 is 0 Å². The molecule has 1 fully saturated rings. The number of nitrogens with zero attached hydrogens (tertiary/aromatic N) is 4. The maximum Gasteiger partial charge on any atom is 0.318 e. The van der Waals surface area contributed by atoms with Crippen molar-refractivity contribution in [2.45, 2.75) is 46.1 Å². The number of carbonyl (C=O) groups is 2. The Balaban J connectivity index is 1.55. The Hall–Kier alpha value is -3.69. The molecule has 0 atom stereocenters. The zero-order valence-corrected chi connectivity index (χ0v) is 24.3. The zero-order valence-electron chi connectivity index (χ0n) is 24.3. The summed E-state index contributed by atoms with van der Waals surface area (Å²) in [5, 5.41) is 5.98. The van der Waals surface area contributed by atoms with Crippen LogP contribution in [-0.4, -0.2) is 82.8 Å². The molecule has 0 unspecified atom stereocenters. The number of aromatic nitrogens is 2. The first-order valence-corrected chi connectivity index (χ1v) is 14.0. The van der Waals surface area contributed by atoms with E-state index in [0.717, 1.165) is 30.0 Å². The van der Waals surface area contributed by atoms with Crippen LogP contribution in [0.3, 0.4) is 0 Å². The standard InChI is InChI=1S/C31H42N6O3/c1-23(2)24-11-13-26(14-12-24)37-21-27(25-9-7-6-8-10-25)32-29(37)33-28(38)22-36(30(39)34-31(3,4)5)16-15-35-17-19-40-20-18-35/h6-14,21,23H,15-20,22H2,1-5H3,(H,34,39)(H,32,33,38). The maximum atomic E-state index is 13.4. The Morgan fingerprint density at radius 1 is 1.02 bits per heavy atom. The molecule has 1 aliphatic rings. The van der Waals surface area contributed by atoms with Crippen molar-refractivity contribution in [2.75, 3.05) is 51.3 Å². The number of amides is 3. The van der Waals surface area contributed by atoms with Crippen molar-refractivity contribution in [3.8, 4) is 16.9 Å². The monoisotopic (exact) mass is 546 g/mol. The number of nitrogens with one attached hydrogen (secondary N) is 2. The highest BCUT2D eigenvalue weighted by Gasteiger charge is 2.24. The molecule has 40 heavy (non-hydrogen) atoms. The molecule has 9 heteroatoms. The number of hydrogen-bond donors (Lipinski definition) is 2. The number of rotatable bonds is 9. The first-order chi connectivity index (χ1) is 19.1. The van der Waals surface area contributed by atoms with E-state index in [4.69, 9.17) is 9.72 Å². The highest BCUT2D eigenvalue weighted by atomic mass is 16.5. The van der Waals surface area contributed by atoms with Crippen molar-refractivity contribution in [3.05, 3.63) is 66.4 Å². The van der Waals surface area contributed by atoms with Gasteiger partial charge in [-0.15, -0.1) is 0 Å². The SMILES string of the molecule is CC(C)c1ccc(-n2cc(-c3ccccc3)nc2NC(=O)CN(CCN2CCOCC2)C(=O)NC(C)(C)C)cc1. The number of hydrogen-bond acceptors (Lipinski definition) is 5. The van der Waals surface area contributed by atoms with Gasteiger partial charge in [0.2, 0.25) is 11.9 Å². The average molecular weight is 547 g/mol. The second-order valence-electron chi connectivity index (χ2n) is 11.5. The lowest BCUT2D eigenvalue weighted by Gasteiger charge is -2.31. The first kappa shape index (κ1) is 29.3. The van der Waals surface area contributed by atoms with E-state index in [1.807, 2.05) is 74.0 Å². The number of morpholine rings is 1. The fourth-order valence-electron chi connectivity index (χ4n) is 4.51. The number of ether oxygens (including phenoxy) is 1. The maximum absolute atomic E-state index is 13.4. The van der Waals surface area contributed by atoms with Gasteiger partial charge in [0.05, 0.1) is 18.9 Å². The van der Waals surface area contributed by atoms with Gasteiger partial charge < -0.3 is 15.0 Å². The second-order valence-corrected chi connectivity index (χ2v) is 11.5. The Morgan fingerprint density at radius 2 is 1.70 bits per heavy atom. The van der Waals surface area contributed by atoms with Gasteiger partial charge in [-0.2, -0.15) is 0 Å².